The molecule has 76 valence electrons. The molecule has 0 unspecified atom stereocenters. The van der Waals surface area contributed by atoms with Gasteiger partial charge in [-0.05, 0) is 19.9 Å². The maximum Gasteiger partial charge on any atom is 0.188 e. The van der Waals surface area contributed by atoms with Gasteiger partial charge < -0.3 is 5.11 Å². The lowest BCUT2D eigenvalue weighted by Crippen LogP contribution is -2.19. The monoisotopic (exact) mass is 194 g/mol. The van der Waals surface area contributed by atoms with Crippen molar-refractivity contribution in [1.29, 1.82) is 0 Å². The fourth-order valence-corrected chi connectivity index (χ4v) is 1.23. The van der Waals surface area contributed by atoms with Gasteiger partial charge in [0, 0.05) is 13.2 Å². The molecule has 4 heteroatoms. The maximum atomic E-state index is 11.4. The summed E-state index contributed by atoms with van der Waals surface area (Å²) in [6.07, 6.45) is 2.80. The zero-order valence-electron chi connectivity index (χ0n) is 8.61. The Morgan fingerprint density at radius 3 is 2.71 bits per heavy atom. The largest absolute Gasteiger partial charge is 0.384 e. The Kier molecular flexibility index (Phi) is 2.57. The minimum absolute atomic E-state index is 0.227. The number of aliphatic hydroxyl groups is 1. The first-order chi connectivity index (χ1) is 6.36. The molecule has 1 aromatic rings. The predicted octanol–water partition coefficient (Wildman–Crippen LogP) is 1.02. The zero-order chi connectivity index (χ0) is 10.9. The molecule has 1 heterocycles. The summed E-state index contributed by atoms with van der Waals surface area (Å²) in [5.41, 5.74) is -0.338. The van der Waals surface area contributed by atoms with Crippen LogP contribution in [-0.4, -0.2) is 20.7 Å². The highest BCUT2D eigenvalue weighted by atomic mass is 16.3. The van der Waals surface area contributed by atoms with Gasteiger partial charge in [0.1, 0.15) is 11.3 Å². The number of carbonyl (C=O) groups excluding carboxylic acids is 1. The molecule has 0 aliphatic heterocycles. The Morgan fingerprint density at radius 1 is 1.71 bits per heavy atom. The van der Waals surface area contributed by atoms with E-state index in [1.807, 2.05) is 0 Å². The van der Waals surface area contributed by atoms with Gasteiger partial charge in [-0.15, -0.1) is 0 Å². The standard InChI is InChI=1S/C10H14N2O2/c1-5-8(13)7-6-12(4)11-9(7)10(2,3)14/h5-6,14H,1H2,2-4H3. The minimum atomic E-state index is -1.12. The Hall–Kier alpha value is -1.42. The molecule has 1 rings (SSSR count). The van der Waals surface area contributed by atoms with Crippen molar-refractivity contribution in [2.45, 2.75) is 19.4 Å². The zero-order valence-corrected chi connectivity index (χ0v) is 8.61. The summed E-state index contributed by atoms with van der Waals surface area (Å²) in [6.45, 7) is 6.59. The number of carbonyl (C=O) groups is 1. The molecule has 0 amide bonds. The average molecular weight is 194 g/mol. The van der Waals surface area contributed by atoms with E-state index in [0.29, 0.717) is 11.3 Å². The topological polar surface area (TPSA) is 55.1 Å². The smallest absolute Gasteiger partial charge is 0.188 e. The van der Waals surface area contributed by atoms with Gasteiger partial charge in [0.25, 0.3) is 0 Å². The second kappa shape index (κ2) is 3.38. The van der Waals surface area contributed by atoms with Crippen LogP contribution in [0.1, 0.15) is 29.9 Å². The van der Waals surface area contributed by atoms with Crippen LogP contribution >= 0.6 is 0 Å². The molecule has 0 aliphatic carbocycles. The van der Waals surface area contributed by atoms with Crippen LogP contribution in [0.4, 0.5) is 0 Å². The van der Waals surface area contributed by atoms with Gasteiger partial charge in [0.05, 0.1) is 5.56 Å². The molecule has 0 fully saturated rings. The van der Waals surface area contributed by atoms with E-state index in [9.17, 15) is 9.90 Å². The molecule has 0 aliphatic rings. The van der Waals surface area contributed by atoms with Gasteiger partial charge >= 0.3 is 0 Å². The van der Waals surface area contributed by atoms with E-state index in [1.165, 1.54) is 10.8 Å². The molecule has 1 aromatic heterocycles. The molecular weight excluding hydrogens is 180 g/mol. The first-order valence-electron chi connectivity index (χ1n) is 4.29. The van der Waals surface area contributed by atoms with E-state index in [-0.39, 0.29) is 5.78 Å². The third-order valence-corrected chi connectivity index (χ3v) is 1.86. The van der Waals surface area contributed by atoms with Crippen molar-refractivity contribution < 1.29 is 9.90 Å². The Bertz CT molecular complexity index is 372. The molecule has 0 atom stereocenters. The fourth-order valence-electron chi connectivity index (χ4n) is 1.23. The molecule has 1 N–H and O–H groups in total. The Morgan fingerprint density at radius 2 is 2.29 bits per heavy atom. The van der Waals surface area contributed by atoms with Gasteiger partial charge in [-0.2, -0.15) is 5.10 Å². The van der Waals surface area contributed by atoms with E-state index in [0.717, 1.165) is 0 Å². The number of ketones is 1. The molecular formula is C10H14N2O2. The summed E-state index contributed by atoms with van der Waals surface area (Å²) in [6, 6.07) is 0. The highest BCUT2D eigenvalue weighted by molar-refractivity contribution is 6.05. The second-order valence-corrected chi connectivity index (χ2v) is 3.69. The summed E-state index contributed by atoms with van der Waals surface area (Å²) in [5.74, 6) is -0.227. The third kappa shape index (κ3) is 1.90. The van der Waals surface area contributed by atoms with Gasteiger partial charge in [0.15, 0.2) is 5.78 Å². The van der Waals surface area contributed by atoms with Gasteiger partial charge in [-0.25, -0.2) is 0 Å². The first-order valence-corrected chi connectivity index (χ1v) is 4.29. The van der Waals surface area contributed by atoms with E-state index in [1.54, 1.807) is 27.1 Å². The van der Waals surface area contributed by atoms with Crippen molar-refractivity contribution in [2.75, 3.05) is 0 Å². The minimum Gasteiger partial charge on any atom is -0.384 e. The lowest BCUT2D eigenvalue weighted by atomic mass is 9.99. The van der Waals surface area contributed by atoms with Crippen LogP contribution in [0.5, 0.6) is 0 Å². The maximum absolute atomic E-state index is 11.4. The lowest BCUT2D eigenvalue weighted by molar-refractivity contribution is 0.0711. The molecule has 4 nitrogen and oxygen atoms in total. The predicted molar refractivity (Wildman–Crippen MR) is 53.0 cm³/mol. The summed E-state index contributed by atoms with van der Waals surface area (Å²) in [4.78, 5) is 11.4. The first kappa shape index (κ1) is 10.7. The van der Waals surface area contributed by atoms with Crippen molar-refractivity contribution >= 4 is 5.78 Å². The second-order valence-electron chi connectivity index (χ2n) is 3.69. The van der Waals surface area contributed by atoms with Crippen LogP contribution in [0.25, 0.3) is 0 Å². The van der Waals surface area contributed by atoms with E-state index in [4.69, 9.17) is 0 Å². The molecule has 0 spiro atoms. The van der Waals surface area contributed by atoms with Crippen LogP contribution in [-0.2, 0) is 12.6 Å². The van der Waals surface area contributed by atoms with E-state index < -0.39 is 5.60 Å². The number of aromatic nitrogens is 2. The Balaban J connectivity index is 3.29. The Labute approximate surface area is 82.9 Å². The van der Waals surface area contributed by atoms with Crippen molar-refractivity contribution in [3.63, 3.8) is 0 Å². The summed E-state index contributed by atoms with van der Waals surface area (Å²) in [5, 5.41) is 13.8. The number of aryl methyl sites for hydroxylation is 1. The molecule has 14 heavy (non-hydrogen) atoms. The highest BCUT2D eigenvalue weighted by Crippen LogP contribution is 2.22. The number of nitrogens with zero attached hydrogens (tertiary/aromatic N) is 2. The quantitative estimate of drug-likeness (QED) is 0.577. The van der Waals surface area contributed by atoms with E-state index in [2.05, 4.69) is 11.7 Å². The van der Waals surface area contributed by atoms with Gasteiger partial charge in [-0.3, -0.25) is 9.48 Å². The number of rotatable bonds is 3. The van der Waals surface area contributed by atoms with Crippen LogP contribution < -0.4 is 0 Å². The van der Waals surface area contributed by atoms with Crippen LogP contribution in [0.15, 0.2) is 18.9 Å². The molecule has 0 bridgehead atoms. The average Bonchev–Trinajstić information content (AvgIpc) is 2.45. The van der Waals surface area contributed by atoms with Gasteiger partial charge in [0.2, 0.25) is 0 Å². The highest BCUT2D eigenvalue weighted by Gasteiger charge is 2.26. The van der Waals surface area contributed by atoms with Crippen molar-refractivity contribution in [3.8, 4) is 0 Å². The molecule has 0 saturated heterocycles. The molecule has 0 saturated carbocycles. The fraction of sp³-hybridized carbons (Fsp3) is 0.400. The number of hydrogen-bond donors (Lipinski definition) is 1. The number of hydrogen-bond acceptors (Lipinski definition) is 3. The summed E-state index contributed by atoms with van der Waals surface area (Å²) >= 11 is 0. The van der Waals surface area contributed by atoms with Gasteiger partial charge in [-0.1, -0.05) is 6.58 Å². The van der Waals surface area contributed by atoms with Crippen molar-refractivity contribution in [1.82, 2.24) is 9.78 Å². The van der Waals surface area contributed by atoms with E-state index >= 15 is 0 Å². The van der Waals surface area contributed by atoms with Crippen LogP contribution in [0.2, 0.25) is 0 Å². The summed E-state index contributed by atoms with van der Waals surface area (Å²) in [7, 11) is 1.70. The van der Waals surface area contributed by atoms with Crippen LogP contribution in [0, 0.1) is 0 Å². The van der Waals surface area contributed by atoms with Crippen molar-refractivity contribution in [2.24, 2.45) is 7.05 Å². The number of allylic oxidation sites excluding steroid dienone is 1. The van der Waals surface area contributed by atoms with Crippen molar-refractivity contribution in [3.05, 3.63) is 30.1 Å². The normalized spacial score (nSPS) is 11.4. The SMILES string of the molecule is C=CC(=O)c1cn(C)nc1C(C)(C)O. The summed E-state index contributed by atoms with van der Waals surface area (Å²) < 4.78 is 1.50. The lowest BCUT2D eigenvalue weighted by Gasteiger charge is -2.15. The molecule has 0 radical (unpaired) electrons. The molecule has 0 aromatic carbocycles. The third-order valence-electron chi connectivity index (χ3n) is 1.86. The van der Waals surface area contributed by atoms with Crippen LogP contribution in [0.3, 0.4) is 0 Å².